The average Bonchev–Trinajstić information content (AvgIpc) is 2.63. The Morgan fingerprint density at radius 2 is 1.82 bits per heavy atom. The number of anilines is 1. The largest absolute Gasteiger partial charge is 0.338 e. The molecule has 0 radical (unpaired) electrons. The van der Waals surface area contributed by atoms with Gasteiger partial charge in [0.15, 0.2) is 0 Å². The van der Waals surface area contributed by atoms with Gasteiger partial charge in [-0.3, -0.25) is 0 Å². The van der Waals surface area contributed by atoms with Crippen molar-refractivity contribution in [1.29, 1.82) is 0 Å². The topological polar surface area (TPSA) is 72.2 Å². The third-order valence-electron chi connectivity index (χ3n) is 2.19. The zero-order valence-electron chi connectivity index (χ0n) is 9.47. The summed E-state index contributed by atoms with van der Waals surface area (Å²) in [4.78, 5) is 0.192. The van der Waals surface area contributed by atoms with Gasteiger partial charge in [-0.15, -0.1) is 0 Å². The molecule has 17 heavy (non-hydrogen) atoms. The molecule has 90 valence electrons. The van der Waals surface area contributed by atoms with Gasteiger partial charge in [0.25, 0.3) is 10.0 Å². The molecule has 1 aromatic carbocycles. The lowest BCUT2D eigenvalue weighted by Crippen LogP contribution is -2.12. The van der Waals surface area contributed by atoms with Gasteiger partial charge >= 0.3 is 0 Å². The zero-order valence-corrected chi connectivity index (χ0v) is 10.3. The fourth-order valence-electron chi connectivity index (χ4n) is 1.32. The molecule has 0 fully saturated rings. The smallest absolute Gasteiger partial charge is 0.264 e. The maximum absolute atomic E-state index is 11.9. The van der Waals surface area contributed by atoms with Gasteiger partial charge in [-0.25, -0.2) is 13.1 Å². The molecule has 2 rings (SSSR count). The third kappa shape index (κ3) is 2.65. The Morgan fingerprint density at radius 3 is 2.35 bits per heavy atom. The molecule has 0 aliphatic heterocycles. The second kappa shape index (κ2) is 4.21. The molecule has 0 unspecified atom stereocenters. The summed E-state index contributed by atoms with van der Waals surface area (Å²) < 4.78 is 31.0. The van der Waals surface area contributed by atoms with E-state index in [1.54, 1.807) is 31.2 Å². The van der Waals surface area contributed by atoms with Crippen molar-refractivity contribution >= 4 is 15.9 Å². The van der Waals surface area contributed by atoms with Crippen molar-refractivity contribution in [3.63, 3.8) is 0 Å². The molecule has 1 aromatic heterocycles. The van der Waals surface area contributed by atoms with Crippen molar-refractivity contribution in [2.75, 3.05) is 4.72 Å². The Morgan fingerprint density at radius 1 is 1.18 bits per heavy atom. The Balaban J connectivity index is 2.28. The second-order valence-corrected chi connectivity index (χ2v) is 5.43. The number of benzene rings is 1. The number of sulfonamides is 1. The summed E-state index contributed by atoms with van der Waals surface area (Å²) in [6.45, 7) is 3.61. The molecule has 0 saturated heterocycles. The number of nitrogens with zero attached hydrogens (tertiary/aromatic N) is 1. The molecule has 1 heterocycles. The van der Waals surface area contributed by atoms with E-state index in [1.165, 1.54) is 6.07 Å². The van der Waals surface area contributed by atoms with Gasteiger partial charge in [0.2, 0.25) is 5.88 Å². The number of aryl methyl sites for hydroxylation is 2. The highest BCUT2D eigenvalue weighted by molar-refractivity contribution is 7.92. The normalized spacial score (nSPS) is 11.4. The first-order valence-electron chi connectivity index (χ1n) is 5.00. The molecule has 0 amide bonds. The summed E-state index contributed by atoms with van der Waals surface area (Å²) in [5.74, 6) is 0.114. The van der Waals surface area contributed by atoms with E-state index in [0.717, 1.165) is 5.56 Å². The van der Waals surface area contributed by atoms with Crippen molar-refractivity contribution < 1.29 is 12.9 Å². The molecule has 0 spiro atoms. The maximum atomic E-state index is 11.9. The van der Waals surface area contributed by atoms with Crippen molar-refractivity contribution in [2.45, 2.75) is 18.7 Å². The van der Waals surface area contributed by atoms with E-state index in [-0.39, 0.29) is 10.8 Å². The molecule has 1 N–H and O–H groups in total. The quantitative estimate of drug-likeness (QED) is 0.907. The highest BCUT2D eigenvalue weighted by Crippen LogP contribution is 2.16. The summed E-state index contributed by atoms with van der Waals surface area (Å²) >= 11 is 0. The average molecular weight is 252 g/mol. The molecule has 0 aliphatic rings. The standard InChI is InChI=1S/C11H12N2O3S/c1-8-3-5-10(6-4-8)17(14,15)13-11-7-9(2)12-16-11/h3-7,13H,1-2H3. The molecule has 0 aliphatic carbocycles. The fourth-order valence-corrected chi connectivity index (χ4v) is 2.29. The SMILES string of the molecule is Cc1ccc(S(=O)(=O)Nc2cc(C)no2)cc1. The molecule has 0 saturated carbocycles. The van der Waals surface area contributed by atoms with E-state index >= 15 is 0 Å². The van der Waals surface area contributed by atoms with E-state index < -0.39 is 10.0 Å². The van der Waals surface area contributed by atoms with Crippen LogP contribution in [0.3, 0.4) is 0 Å². The van der Waals surface area contributed by atoms with Crippen LogP contribution in [-0.2, 0) is 10.0 Å². The predicted octanol–water partition coefficient (Wildman–Crippen LogP) is 2.09. The summed E-state index contributed by atoms with van der Waals surface area (Å²) in [6.07, 6.45) is 0. The van der Waals surface area contributed by atoms with Crippen LogP contribution in [-0.4, -0.2) is 13.6 Å². The lowest BCUT2D eigenvalue weighted by Gasteiger charge is -2.04. The van der Waals surface area contributed by atoms with E-state index in [2.05, 4.69) is 9.88 Å². The minimum absolute atomic E-state index is 0.114. The monoisotopic (exact) mass is 252 g/mol. The summed E-state index contributed by atoms with van der Waals surface area (Å²) in [7, 11) is -3.60. The lowest BCUT2D eigenvalue weighted by molar-refractivity contribution is 0.430. The summed E-state index contributed by atoms with van der Waals surface area (Å²) in [6, 6.07) is 8.08. The minimum atomic E-state index is -3.60. The highest BCUT2D eigenvalue weighted by atomic mass is 32.2. The second-order valence-electron chi connectivity index (χ2n) is 3.75. The maximum Gasteiger partial charge on any atom is 0.264 e. The van der Waals surface area contributed by atoms with Crippen LogP contribution in [0.5, 0.6) is 0 Å². The van der Waals surface area contributed by atoms with Crippen LogP contribution in [0.25, 0.3) is 0 Å². The number of hydrogen-bond donors (Lipinski definition) is 1. The number of nitrogens with one attached hydrogen (secondary N) is 1. The van der Waals surface area contributed by atoms with Crippen LogP contribution in [0.4, 0.5) is 5.88 Å². The highest BCUT2D eigenvalue weighted by Gasteiger charge is 2.15. The first-order valence-corrected chi connectivity index (χ1v) is 6.48. The van der Waals surface area contributed by atoms with E-state index in [4.69, 9.17) is 4.52 Å². The van der Waals surface area contributed by atoms with E-state index in [9.17, 15) is 8.42 Å². The Kier molecular flexibility index (Phi) is 2.89. The van der Waals surface area contributed by atoms with Crippen molar-refractivity contribution in [1.82, 2.24) is 5.16 Å². The Bertz CT molecular complexity index is 614. The van der Waals surface area contributed by atoms with E-state index in [0.29, 0.717) is 5.69 Å². The first kappa shape index (κ1) is 11.7. The van der Waals surface area contributed by atoms with Gasteiger partial charge in [0.05, 0.1) is 10.6 Å². The zero-order chi connectivity index (χ0) is 12.5. The molecule has 2 aromatic rings. The van der Waals surface area contributed by atoms with E-state index in [1.807, 2.05) is 6.92 Å². The lowest BCUT2D eigenvalue weighted by atomic mass is 10.2. The Labute approximate surface area is 99.5 Å². The summed E-state index contributed by atoms with van der Waals surface area (Å²) in [5, 5.41) is 3.61. The van der Waals surface area contributed by atoms with Crippen molar-refractivity contribution in [3.05, 3.63) is 41.6 Å². The van der Waals surface area contributed by atoms with Gasteiger partial charge < -0.3 is 4.52 Å². The van der Waals surface area contributed by atoms with Crippen molar-refractivity contribution in [3.8, 4) is 0 Å². The van der Waals surface area contributed by atoms with Gasteiger partial charge in [-0.05, 0) is 26.0 Å². The molecular formula is C11H12N2O3S. The van der Waals surface area contributed by atoms with Crippen LogP contribution in [0, 0.1) is 13.8 Å². The molecule has 0 atom stereocenters. The minimum Gasteiger partial charge on any atom is -0.338 e. The number of hydrogen-bond acceptors (Lipinski definition) is 4. The van der Waals surface area contributed by atoms with Crippen LogP contribution < -0.4 is 4.72 Å². The molecule has 0 bridgehead atoms. The molecule has 5 nitrogen and oxygen atoms in total. The van der Waals surface area contributed by atoms with Gasteiger partial charge in [-0.2, -0.15) is 0 Å². The molecule has 6 heteroatoms. The predicted molar refractivity (Wildman–Crippen MR) is 63.2 cm³/mol. The first-order chi connectivity index (χ1) is 7.97. The van der Waals surface area contributed by atoms with Crippen molar-refractivity contribution in [2.24, 2.45) is 0 Å². The van der Waals surface area contributed by atoms with Crippen LogP contribution in [0.1, 0.15) is 11.3 Å². The number of rotatable bonds is 3. The fraction of sp³-hybridized carbons (Fsp3) is 0.182. The summed E-state index contributed by atoms with van der Waals surface area (Å²) in [5.41, 5.74) is 1.62. The van der Waals surface area contributed by atoms with Gasteiger partial charge in [-0.1, -0.05) is 22.9 Å². The number of aromatic nitrogens is 1. The van der Waals surface area contributed by atoms with Gasteiger partial charge in [0.1, 0.15) is 0 Å². The van der Waals surface area contributed by atoms with Crippen LogP contribution in [0.15, 0.2) is 39.8 Å². The third-order valence-corrected chi connectivity index (χ3v) is 3.56. The Hall–Kier alpha value is -1.82. The van der Waals surface area contributed by atoms with Gasteiger partial charge in [0, 0.05) is 6.07 Å². The molecular weight excluding hydrogens is 240 g/mol. The van der Waals surface area contributed by atoms with Crippen LogP contribution in [0.2, 0.25) is 0 Å². The van der Waals surface area contributed by atoms with Crippen LogP contribution >= 0.6 is 0 Å².